The molecular weight excluding hydrogens is 582 g/mol. The van der Waals surface area contributed by atoms with E-state index in [4.69, 9.17) is 27.9 Å². The first-order chi connectivity index (χ1) is 19.8. The number of carbonyl (C=O) groups excluding carboxylic acids is 1. The number of ether oxygens (including phenoxy) is 1. The van der Waals surface area contributed by atoms with Gasteiger partial charge in [0.15, 0.2) is 10.9 Å². The Hall–Kier alpha value is -4.24. The molecule has 1 heterocycles. The van der Waals surface area contributed by atoms with Crippen molar-refractivity contribution in [2.24, 2.45) is 5.10 Å². The van der Waals surface area contributed by atoms with Crippen LogP contribution in [0, 0.1) is 12.7 Å². The number of aryl methyl sites for hydroxylation is 1. The molecule has 1 amide bonds. The lowest BCUT2D eigenvalue weighted by Gasteiger charge is -2.11. The van der Waals surface area contributed by atoms with Crippen molar-refractivity contribution in [2.75, 3.05) is 5.32 Å². The Bertz CT molecular complexity index is 1670. The van der Waals surface area contributed by atoms with Crippen LogP contribution in [0.1, 0.15) is 27.0 Å². The van der Waals surface area contributed by atoms with Gasteiger partial charge in [0.05, 0.1) is 22.0 Å². The molecule has 0 aliphatic rings. The Labute approximate surface area is 250 Å². The Morgan fingerprint density at radius 3 is 2.37 bits per heavy atom. The van der Waals surface area contributed by atoms with E-state index >= 15 is 0 Å². The average molecular weight is 606 g/mol. The number of amides is 1. The summed E-state index contributed by atoms with van der Waals surface area (Å²) in [6.07, 6.45) is 1.44. The van der Waals surface area contributed by atoms with Crippen molar-refractivity contribution < 1.29 is 13.9 Å². The molecule has 0 aliphatic heterocycles. The lowest BCUT2D eigenvalue weighted by molar-refractivity contribution is 0.0955. The number of nitrogens with zero attached hydrogens (tertiary/aromatic N) is 2. The molecule has 0 saturated carbocycles. The molecule has 206 valence electrons. The second kappa shape index (κ2) is 13.0. The van der Waals surface area contributed by atoms with Crippen molar-refractivity contribution in [3.63, 3.8) is 0 Å². The van der Waals surface area contributed by atoms with Crippen molar-refractivity contribution in [1.82, 2.24) is 10.4 Å². The van der Waals surface area contributed by atoms with Crippen molar-refractivity contribution >= 4 is 57.5 Å². The lowest BCUT2D eigenvalue weighted by Crippen LogP contribution is -2.17. The third kappa shape index (κ3) is 7.49. The molecule has 0 bridgehead atoms. The van der Waals surface area contributed by atoms with Gasteiger partial charge in [-0.25, -0.2) is 14.8 Å². The Morgan fingerprint density at radius 1 is 1.00 bits per heavy atom. The predicted molar refractivity (Wildman–Crippen MR) is 164 cm³/mol. The fraction of sp³-hybridized carbons (Fsp3) is 0.0645. The standard InChI is InChI=1S/C31H23Cl2FN4O2S/c1-19-2-12-25(13-3-19)36-31-37-28(18-41-31)22-6-8-23(9-7-22)30(39)38-35-16-21-14-26(32)29(27(33)15-21)40-17-20-4-10-24(34)11-5-20/h2-16,18H,17H2,1H3,(H,36,37)(H,38,39)/b35-16-. The minimum atomic E-state index is -0.371. The highest BCUT2D eigenvalue weighted by Gasteiger charge is 2.11. The van der Waals surface area contributed by atoms with Gasteiger partial charge in [-0.05, 0) is 66.6 Å². The summed E-state index contributed by atoms with van der Waals surface area (Å²) in [4.78, 5) is 17.2. The van der Waals surface area contributed by atoms with Crippen LogP contribution in [0.5, 0.6) is 5.75 Å². The third-order valence-corrected chi connectivity index (χ3v) is 7.27. The number of rotatable bonds is 9. The van der Waals surface area contributed by atoms with E-state index in [0.29, 0.717) is 16.9 Å². The highest BCUT2D eigenvalue weighted by atomic mass is 35.5. The highest BCUT2D eigenvalue weighted by Crippen LogP contribution is 2.34. The highest BCUT2D eigenvalue weighted by molar-refractivity contribution is 7.14. The summed E-state index contributed by atoms with van der Waals surface area (Å²) in [5, 5.41) is 10.6. The van der Waals surface area contributed by atoms with Crippen LogP contribution in [0.2, 0.25) is 10.0 Å². The van der Waals surface area contributed by atoms with Crippen LogP contribution in [0.4, 0.5) is 15.2 Å². The van der Waals surface area contributed by atoms with Crippen LogP contribution in [-0.4, -0.2) is 17.1 Å². The molecule has 0 fully saturated rings. The zero-order chi connectivity index (χ0) is 28.8. The first-order valence-corrected chi connectivity index (χ1v) is 14.1. The maximum atomic E-state index is 13.1. The SMILES string of the molecule is Cc1ccc(Nc2nc(-c3ccc(C(=O)N/N=C\c4cc(Cl)c(OCc5ccc(F)cc5)c(Cl)c4)cc3)cs2)cc1. The van der Waals surface area contributed by atoms with Crippen LogP contribution >= 0.6 is 34.5 Å². The van der Waals surface area contributed by atoms with E-state index in [1.54, 1.807) is 36.4 Å². The zero-order valence-electron chi connectivity index (χ0n) is 21.7. The number of hydrazone groups is 1. The second-order valence-corrected chi connectivity index (χ2v) is 10.7. The minimum absolute atomic E-state index is 0.177. The van der Waals surface area contributed by atoms with Crippen molar-refractivity contribution in [3.05, 3.63) is 128 Å². The fourth-order valence-electron chi connectivity index (χ4n) is 3.77. The van der Waals surface area contributed by atoms with Crippen LogP contribution in [0.25, 0.3) is 11.3 Å². The van der Waals surface area contributed by atoms with Gasteiger partial charge in [-0.1, -0.05) is 65.2 Å². The maximum Gasteiger partial charge on any atom is 0.271 e. The van der Waals surface area contributed by atoms with Gasteiger partial charge < -0.3 is 10.1 Å². The third-order valence-electron chi connectivity index (χ3n) is 5.95. The number of nitrogens with one attached hydrogen (secondary N) is 2. The number of hydrogen-bond acceptors (Lipinski definition) is 6. The second-order valence-electron chi connectivity index (χ2n) is 9.03. The molecular formula is C31H23Cl2FN4O2S. The minimum Gasteiger partial charge on any atom is -0.486 e. The molecule has 10 heteroatoms. The molecule has 4 aromatic carbocycles. The summed E-state index contributed by atoms with van der Waals surface area (Å²) in [5.74, 6) is -0.393. The quantitative estimate of drug-likeness (QED) is 0.130. The van der Waals surface area contributed by atoms with Gasteiger partial charge in [0.25, 0.3) is 5.91 Å². The first kappa shape index (κ1) is 28.3. The van der Waals surface area contributed by atoms with Gasteiger partial charge in [0.2, 0.25) is 0 Å². The Balaban J connectivity index is 1.16. The first-order valence-electron chi connectivity index (χ1n) is 12.4. The van der Waals surface area contributed by atoms with E-state index < -0.39 is 0 Å². The van der Waals surface area contributed by atoms with Crippen LogP contribution in [-0.2, 0) is 6.61 Å². The van der Waals surface area contributed by atoms with Crippen LogP contribution in [0.15, 0.2) is 95.4 Å². The zero-order valence-corrected chi connectivity index (χ0v) is 24.0. The van der Waals surface area contributed by atoms with Gasteiger partial charge in [-0.15, -0.1) is 11.3 Å². The van der Waals surface area contributed by atoms with E-state index in [2.05, 4.69) is 20.8 Å². The Morgan fingerprint density at radius 2 is 1.68 bits per heavy atom. The molecule has 2 N–H and O–H groups in total. The van der Waals surface area contributed by atoms with E-state index in [1.807, 2.05) is 48.7 Å². The lowest BCUT2D eigenvalue weighted by atomic mass is 10.1. The number of thiazole rings is 1. The molecule has 0 aliphatic carbocycles. The van der Waals surface area contributed by atoms with Crippen LogP contribution < -0.4 is 15.5 Å². The summed E-state index contributed by atoms with van der Waals surface area (Å²) in [5.41, 5.74) is 8.16. The average Bonchev–Trinajstić information content (AvgIpc) is 3.43. The maximum absolute atomic E-state index is 13.1. The molecule has 0 atom stereocenters. The van der Waals surface area contributed by atoms with Gasteiger partial charge in [0, 0.05) is 22.2 Å². The van der Waals surface area contributed by atoms with E-state index in [9.17, 15) is 9.18 Å². The van der Waals surface area contributed by atoms with Crippen molar-refractivity contribution in [1.29, 1.82) is 0 Å². The molecule has 0 saturated heterocycles. The molecule has 0 unspecified atom stereocenters. The number of anilines is 2. The topological polar surface area (TPSA) is 75.6 Å². The van der Waals surface area contributed by atoms with E-state index in [1.165, 1.54) is 35.2 Å². The summed E-state index contributed by atoms with van der Waals surface area (Å²) in [7, 11) is 0. The van der Waals surface area contributed by atoms with Gasteiger partial charge in [0.1, 0.15) is 12.4 Å². The molecule has 5 aromatic rings. The predicted octanol–water partition coefficient (Wildman–Crippen LogP) is 8.65. The number of halogens is 3. The number of aromatic nitrogens is 1. The summed E-state index contributed by atoms with van der Waals surface area (Å²) in [6.45, 7) is 2.22. The molecule has 1 aromatic heterocycles. The van der Waals surface area contributed by atoms with Crippen LogP contribution in [0.3, 0.4) is 0 Å². The largest absolute Gasteiger partial charge is 0.486 e. The molecule has 6 nitrogen and oxygen atoms in total. The van der Waals surface area contributed by atoms with Crippen molar-refractivity contribution in [3.8, 4) is 17.0 Å². The summed E-state index contributed by atoms with van der Waals surface area (Å²) >= 11 is 14.2. The van der Waals surface area contributed by atoms with E-state index in [0.717, 1.165) is 27.6 Å². The summed E-state index contributed by atoms with van der Waals surface area (Å²) in [6, 6.07) is 24.4. The molecule has 5 rings (SSSR count). The van der Waals surface area contributed by atoms with Gasteiger partial charge in [-0.2, -0.15) is 5.10 Å². The normalized spacial score (nSPS) is 11.0. The van der Waals surface area contributed by atoms with Crippen molar-refractivity contribution in [2.45, 2.75) is 13.5 Å². The number of benzene rings is 4. The summed E-state index contributed by atoms with van der Waals surface area (Å²) < 4.78 is 18.8. The number of hydrogen-bond donors (Lipinski definition) is 2. The number of carbonyl (C=O) groups is 1. The smallest absolute Gasteiger partial charge is 0.271 e. The van der Waals surface area contributed by atoms with E-state index in [-0.39, 0.29) is 28.4 Å². The Kier molecular flexibility index (Phi) is 8.94. The monoisotopic (exact) mass is 604 g/mol. The molecule has 0 spiro atoms. The fourth-order valence-corrected chi connectivity index (χ4v) is 5.13. The van der Waals surface area contributed by atoms with Gasteiger partial charge >= 0.3 is 0 Å². The molecule has 41 heavy (non-hydrogen) atoms. The molecule has 0 radical (unpaired) electrons. The van der Waals surface area contributed by atoms with Gasteiger partial charge in [-0.3, -0.25) is 4.79 Å².